The number of hydrogen-bond acceptors (Lipinski definition) is 5. The van der Waals surface area contributed by atoms with Crippen LogP contribution in [-0.2, 0) is 11.3 Å². The Morgan fingerprint density at radius 3 is 2.89 bits per heavy atom. The van der Waals surface area contributed by atoms with Gasteiger partial charge in [-0.05, 0) is 20.0 Å². The van der Waals surface area contributed by atoms with E-state index in [1.54, 1.807) is 32.0 Å². The standard InChI is InChI=1S/C12H16N4O3/c1-7(12(17)18)16(2)6-9-13-8-4-5-10(19-3)15-11(8)14-9/h4-5,7H,6H2,1-3H3,(H,17,18)(H,13,14,15). The Kier molecular flexibility index (Phi) is 3.66. The predicted octanol–water partition coefficient (Wildman–Crippen LogP) is 0.871. The highest BCUT2D eigenvalue weighted by atomic mass is 16.5. The number of rotatable bonds is 5. The predicted molar refractivity (Wildman–Crippen MR) is 69.0 cm³/mol. The molecule has 0 aliphatic heterocycles. The highest BCUT2D eigenvalue weighted by molar-refractivity contribution is 5.73. The lowest BCUT2D eigenvalue weighted by Gasteiger charge is -2.19. The number of aliphatic carboxylic acids is 1. The second-order valence-corrected chi connectivity index (χ2v) is 4.34. The fourth-order valence-electron chi connectivity index (χ4n) is 1.68. The molecule has 0 bridgehead atoms. The monoisotopic (exact) mass is 264 g/mol. The van der Waals surface area contributed by atoms with Gasteiger partial charge in [-0.2, -0.15) is 4.98 Å². The molecule has 0 saturated carbocycles. The Bertz CT molecular complexity index is 596. The van der Waals surface area contributed by atoms with E-state index >= 15 is 0 Å². The van der Waals surface area contributed by atoms with Crippen LogP contribution in [0.3, 0.4) is 0 Å². The van der Waals surface area contributed by atoms with Crippen LogP contribution in [0.1, 0.15) is 12.7 Å². The SMILES string of the molecule is COc1ccc2[nH]c(CN(C)C(C)C(=O)O)nc2n1. The molecule has 0 aliphatic rings. The molecule has 0 radical (unpaired) electrons. The molecule has 1 unspecified atom stereocenters. The number of nitrogens with one attached hydrogen (secondary N) is 1. The number of carboxylic acids is 1. The number of carboxylic acid groups (broad SMARTS) is 1. The van der Waals surface area contributed by atoms with Crippen LogP contribution < -0.4 is 4.74 Å². The maximum absolute atomic E-state index is 10.9. The minimum Gasteiger partial charge on any atom is -0.481 e. The molecule has 0 spiro atoms. The van der Waals surface area contributed by atoms with Crippen LogP contribution in [0.5, 0.6) is 5.88 Å². The molecule has 2 rings (SSSR count). The highest BCUT2D eigenvalue weighted by Crippen LogP contribution is 2.15. The van der Waals surface area contributed by atoms with Crippen LogP contribution >= 0.6 is 0 Å². The van der Waals surface area contributed by atoms with Gasteiger partial charge in [-0.1, -0.05) is 0 Å². The summed E-state index contributed by atoms with van der Waals surface area (Å²) in [5.41, 5.74) is 1.36. The lowest BCUT2D eigenvalue weighted by molar-refractivity contribution is -0.142. The van der Waals surface area contributed by atoms with E-state index in [1.165, 1.54) is 0 Å². The molecule has 19 heavy (non-hydrogen) atoms. The van der Waals surface area contributed by atoms with E-state index in [4.69, 9.17) is 9.84 Å². The Morgan fingerprint density at radius 2 is 2.26 bits per heavy atom. The fraction of sp³-hybridized carbons (Fsp3) is 0.417. The first-order valence-corrected chi connectivity index (χ1v) is 5.84. The number of likely N-dealkylation sites (N-methyl/N-ethyl adjacent to an activating group) is 1. The lowest BCUT2D eigenvalue weighted by atomic mass is 10.3. The lowest BCUT2D eigenvalue weighted by Crippen LogP contribution is -2.35. The average Bonchev–Trinajstić information content (AvgIpc) is 2.78. The smallest absolute Gasteiger partial charge is 0.320 e. The molecular weight excluding hydrogens is 248 g/mol. The van der Waals surface area contributed by atoms with E-state index in [1.807, 2.05) is 6.07 Å². The van der Waals surface area contributed by atoms with Gasteiger partial charge in [0.25, 0.3) is 0 Å². The van der Waals surface area contributed by atoms with Crippen LogP contribution in [0.15, 0.2) is 12.1 Å². The summed E-state index contributed by atoms with van der Waals surface area (Å²) in [6.07, 6.45) is 0. The average molecular weight is 264 g/mol. The number of methoxy groups -OCH3 is 1. The van der Waals surface area contributed by atoms with Crippen LogP contribution in [0, 0.1) is 0 Å². The highest BCUT2D eigenvalue weighted by Gasteiger charge is 2.18. The molecule has 0 aromatic carbocycles. The molecule has 102 valence electrons. The number of aromatic amines is 1. The molecule has 0 saturated heterocycles. The van der Waals surface area contributed by atoms with Crippen molar-refractivity contribution in [3.63, 3.8) is 0 Å². The second kappa shape index (κ2) is 5.23. The molecule has 1 atom stereocenters. The first kappa shape index (κ1) is 13.3. The molecule has 2 aromatic rings. The van der Waals surface area contributed by atoms with E-state index in [0.717, 1.165) is 5.52 Å². The molecular formula is C12H16N4O3. The largest absolute Gasteiger partial charge is 0.481 e. The van der Waals surface area contributed by atoms with Gasteiger partial charge >= 0.3 is 5.97 Å². The molecule has 2 N–H and O–H groups in total. The van der Waals surface area contributed by atoms with E-state index < -0.39 is 12.0 Å². The van der Waals surface area contributed by atoms with Crippen LogP contribution in [0.4, 0.5) is 0 Å². The van der Waals surface area contributed by atoms with Gasteiger partial charge in [0.05, 0.1) is 19.2 Å². The number of imidazole rings is 1. The summed E-state index contributed by atoms with van der Waals surface area (Å²) in [4.78, 5) is 24.2. The quantitative estimate of drug-likeness (QED) is 0.832. The summed E-state index contributed by atoms with van der Waals surface area (Å²) in [6.45, 7) is 2.04. The van der Waals surface area contributed by atoms with Gasteiger partial charge in [-0.25, -0.2) is 4.98 Å². The van der Waals surface area contributed by atoms with Gasteiger partial charge in [-0.3, -0.25) is 9.69 Å². The number of nitrogens with zero attached hydrogens (tertiary/aromatic N) is 3. The zero-order chi connectivity index (χ0) is 14.0. The van der Waals surface area contributed by atoms with Gasteiger partial charge in [0.2, 0.25) is 5.88 Å². The minimum atomic E-state index is -0.863. The zero-order valence-corrected chi connectivity index (χ0v) is 11.0. The molecule has 0 aliphatic carbocycles. The summed E-state index contributed by atoms with van der Waals surface area (Å²) in [5, 5.41) is 8.94. The third-order valence-electron chi connectivity index (χ3n) is 3.00. The number of pyridine rings is 1. The number of H-pyrrole nitrogens is 1. The molecule has 2 heterocycles. The fourth-order valence-corrected chi connectivity index (χ4v) is 1.68. The van der Waals surface area contributed by atoms with E-state index in [9.17, 15) is 4.79 Å². The molecule has 7 nitrogen and oxygen atoms in total. The summed E-state index contributed by atoms with van der Waals surface area (Å²) in [5.74, 6) is 0.308. The van der Waals surface area contributed by atoms with Crippen molar-refractivity contribution >= 4 is 17.1 Å². The van der Waals surface area contributed by atoms with Crippen molar-refractivity contribution in [3.05, 3.63) is 18.0 Å². The molecule has 0 fully saturated rings. The first-order chi connectivity index (χ1) is 9.01. The van der Waals surface area contributed by atoms with Gasteiger partial charge in [-0.15, -0.1) is 0 Å². The van der Waals surface area contributed by atoms with Gasteiger partial charge in [0.15, 0.2) is 5.65 Å². The van der Waals surface area contributed by atoms with E-state index in [0.29, 0.717) is 23.9 Å². The third kappa shape index (κ3) is 2.82. The van der Waals surface area contributed by atoms with Gasteiger partial charge in [0.1, 0.15) is 11.9 Å². The maximum atomic E-state index is 10.9. The van der Waals surface area contributed by atoms with Gasteiger partial charge < -0.3 is 14.8 Å². The van der Waals surface area contributed by atoms with Crippen LogP contribution in [0.2, 0.25) is 0 Å². The summed E-state index contributed by atoms with van der Waals surface area (Å²) >= 11 is 0. The topological polar surface area (TPSA) is 91.3 Å². The van der Waals surface area contributed by atoms with Crippen molar-refractivity contribution in [2.45, 2.75) is 19.5 Å². The molecule has 0 amide bonds. The normalized spacial score (nSPS) is 12.8. The van der Waals surface area contributed by atoms with Crippen molar-refractivity contribution in [2.24, 2.45) is 0 Å². The number of ether oxygens (including phenoxy) is 1. The summed E-state index contributed by atoms with van der Waals surface area (Å²) in [6, 6.07) is 3.00. The zero-order valence-electron chi connectivity index (χ0n) is 11.0. The van der Waals surface area contributed by atoms with Crippen LogP contribution in [-0.4, -0.2) is 51.1 Å². The van der Waals surface area contributed by atoms with E-state index in [2.05, 4.69) is 15.0 Å². The van der Waals surface area contributed by atoms with Crippen molar-refractivity contribution < 1.29 is 14.6 Å². The first-order valence-electron chi connectivity index (χ1n) is 5.84. The van der Waals surface area contributed by atoms with Crippen molar-refractivity contribution in [3.8, 4) is 5.88 Å². The number of fused-ring (bicyclic) bond motifs is 1. The Hall–Kier alpha value is -2.15. The van der Waals surface area contributed by atoms with Crippen molar-refractivity contribution in [1.29, 1.82) is 0 Å². The van der Waals surface area contributed by atoms with Gasteiger partial charge in [0, 0.05) is 6.07 Å². The maximum Gasteiger partial charge on any atom is 0.320 e. The minimum absolute atomic E-state index is 0.409. The van der Waals surface area contributed by atoms with Crippen molar-refractivity contribution in [1.82, 2.24) is 19.9 Å². The Balaban J connectivity index is 2.19. The number of carbonyl (C=O) groups is 1. The summed E-state index contributed by atoms with van der Waals surface area (Å²) < 4.78 is 5.03. The second-order valence-electron chi connectivity index (χ2n) is 4.34. The molecule has 2 aromatic heterocycles. The number of hydrogen-bond donors (Lipinski definition) is 2. The van der Waals surface area contributed by atoms with E-state index in [-0.39, 0.29) is 0 Å². The molecule has 7 heteroatoms. The Morgan fingerprint density at radius 1 is 1.53 bits per heavy atom. The van der Waals surface area contributed by atoms with Crippen LogP contribution in [0.25, 0.3) is 11.2 Å². The summed E-state index contributed by atoms with van der Waals surface area (Å²) in [7, 11) is 3.28. The Labute approximate surface area is 110 Å². The third-order valence-corrected chi connectivity index (χ3v) is 3.00. The van der Waals surface area contributed by atoms with Crippen molar-refractivity contribution in [2.75, 3.05) is 14.2 Å². The number of aromatic nitrogens is 3.